The molecule has 3 aromatic heterocycles. The van der Waals surface area contributed by atoms with Crippen LogP contribution in [0.15, 0.2) is 46.1 Å². The maximum atomic E-state index is 14.6. The molecular formula is C21H22FN5O2. The number of H-pyrrole nitrogens is 1. The lowest BCUT2D eigenvalue weighted by Crippen LogP contribution is -2.33. The lowest BCUT2D eigenvalue weighted by atomic mass is 9.76. The molecule has 0 atom stereocenters. The first-order chi connectivity index (χ1) is 14.0. The van der Waals surface area contributed by atoms with E-state index < -0.39 is 5.41 Å². The topological polar surface area (TPSA) is 89.6 Å². The number of nitrogens with zero attached hydrogens (tertiary/aromatic N) is 4. The minimum atomic E-state index is -0.668. The van der Waals surface area contributed by atoms with E-state index in [-0.39, 0.29) is 11.4 Å². The summed E-state index contributed by atoms with van der Waals surface area (Å²) in [6.07, 6.45) is 4.05. The minimum absolute atomic E-state index is 0.256. The summed E-state index contributed by atoms with van der Waals surface area (Å²) in [5, 5.41) is 12.5. The van der Waals surface area contributed by atoms with Crippen LogP contribution in [0.3, 0.4) is 0 Å². The summed E-state index contributed by atoms with van der Waals surface area (Å²) in [7, 11) is 0. The molecule has 0 aliphatic rings. The standard InChI is InChI=1S/C21H22FN5O2/c1-4-21(5-2,20-26-23-12-29-20)15-7-8-17(25-19(15)28)13-9-16(22)14-11-24-27(6-3)18(14)10-13/h7-12H,4-6H2,1-3H3,(H,25,28). The fourth-order valence-electron chi connectivity index (χ4n) is 3.99. The van der Waals surface area contributed by atoms with E-state index in [1.165, 1.54) is 18.7 Å². The van der Waals surface area contributed by atoms with E-state index in [9.17, 15) is 9.18 Å². The lowest BCUT2D eigenvalue weighted by Gasteiger charge is -2.27. The van der Waals surface area contributed by atoms with Gasteiger partial charge in [-0.25, -0.2) is 4.39 Å². The zero-order chi connectivity index (χ0) is 20.6. The highest BCUT2D eigenvalue weighted by Crippen LogP contribution is 2.36. The van der Waals surface area contributed by atoms with Gasteiger partial charge in [-0.05, 0) is 38.0 Å². The molecule has 4 aromatic rings. The highest BCUT2D eigenvalue weighted by Gasteiger charge is 2.38. The van der Waals surface area contributed by atoms with E-state index in [1.807, 2.05) is 26.8 Å². The van der Waals surface area contributed by atoms with Crippen molar-refractivity contribution in [2.24, 2.45) is 0 Å². The molecule has 1 N–H and O–H groups in total. The molecule has 0 fully saturated rings. The number of pyridine rings is 1. The van der Waals surface area contributed by atoms with E-state index in [1.54, 1.807) is 16.8 Å². The number of halogens is 1. The second-order valence-corrected chi connectivity index (χ2v) is 7.00. The lowest BCUT2D eigenvalue weighted by molar-refractivity contribution is 0.347. The molecule has 0 amide bonds. The van der Waals surface area contributed by atoms with Crippen molar-refractivity contribution in [3.8, 4) is 11.3 Å². The Labute approximate surface area is 166 Å². The summed E-state index contributed by atoms with van der Waals surface area (Å²) in [4.78, 5) is 15.9. The minimum Gasteiger partial charge on any atom is -0.427 e. The summed E-state index contributed by atoms with van der Waals surface area (Å²) < 4.78 is 21.7. The Kier molecular flexibility index (Phi) is 4.77. The molecule has 8 heteroatoms. The van der Waals surface area contributed by atoms with Crippen LogP contribution >= 0.6 is 0 Å². The maximum absolute atomic E-state index is 14.6. The van der Waals surface area contributed by atoms with Crippen LogP contribution in [0.25, 0.3) is 22.2 Å². The molecular weight excluding hydrogens is 373 g/mol. The molecule has 0 saturated carbocycles. The van der Waals surface area contributed by atoms with Gasteiger partial charge in [-0.3, -0.25) is 9.48 Å². The Morgan fingerprint density at radius 1 is 1.21 bits per heavy atom. The number of aromatic amines is 1. The Balaban J connectivity index is 1.84. The molecule has 3 heterocycles. The molecule has 0 unspecified atom stereocenters. The average molecular weight is 395 g/mol. The van der Waals surface area contributed by atoms with Crippen molar-refractivity contribution >= 4 is 10.9 Å². The van der Waals surface area contributed by atoms with Crippen molar-refractivity contribution in [2.75, 3.05) is 0 Å². The van der Waals surface area contributed by atoms with Gasteiger partial charge in [0.2, 0.25) is 12.3 Å². The van der Waals surface area contributed by atoms with E-state index in [0.29, 0.717) is 53.0 Å². The normalized spacial score (nSPS) is 12.0. The number of aromatic nitrogens is 5. The van der Waals surface area contributed by atoms with Crippen LogP contribution in [0.1, 0.15) is 45.1 Å². The molecule has 0 saturated heterocycles. The van der Waals surface area contributed by atoms with E-state index in [4.69, 9.17) is 4.42 Å². The third kappa shape index (κ3) is 2.95. The largest absolute Gasteiger partial charge is 0.427 e. The molecule has 1 aromatic carbocycles. The Morgan fingerprint density at radius 3 is 2.62 bits per heavy atom. The fourth-order valence-corrected chi connectivity index (χ4v) is 3.99. The van der Waals surface area contributed by atoms with Crippen molar-refractivity contribution < 1.29 is 8.81 Å². The first kappa shape index (κ1) is 19.0. The number of hydrogen-bond donors (Lipinski definition) is 1. The second kappa shape index (κ2) is 7.27. The van der Waals surface area contributed by atoms with Crippen molar-refractivity contribution in [1.29, 1.82) is 0 Å². The number of nitrogens with one attached hydrogen (secondary N) is 1. The van der Waals surface area contributed by atoms with Crippen LogP contribution in [-0.2, 0) is 12.0 Å². The summed E-state index contributed by atoms with van der Waals surface area (Å²) in [5.74, 6) is 0.0458. The van der Waals surface area contributed by atoms with Crippen molar-refractivity contribution in [3.05, 3.63) is 64.5 Å². The maximum Gasteiger partial charge on any atom is 0.252 e. The zero-order valence-corrected chi connectivity index (χ0v) is 16.6. The SMILES string of the molecule is CCn1ncc2c(F)cc(-c3ccc(C(CC)(CC)c4nnco4)c(=O)[nH]3)cc21. The van der Waals surface area contributed by atoms with Crippen molar-refractivity contribution in [2.45, 2.75) is 45.6 Å². The van der Waals surface area contributed by atoms with Crippen molar-refractivity contribution in [3.63, 3.8) is 0 Å². The van der Waals surface area contributed by atoms with Crippen LogP contribution in [0.4, 0.5) is 4.39 Å². The van der Waals surface area contributed by atoms with Gasteiger partial charge in [0, 0.05) is 23.4 Å². The molecule has 29 heavy (non-hydrogen) atoms. The van der Waals surface area contributed by atoms with E-state index >= 15 is 0 Å². The van der Waals surface area contributed by atoms with Gasteiger partial charge >= 0.3 is 0 Å². The first-order valence-corrected chi connectivity index (χ1v) is 9.70. The van der Waals surface area contributed by atoms with Gasteiger partial charge in [0.15, 0.2) is 0 Å². The summed E-state index contributed by atoms with van der Waals surface area (Å²) in [5.41, 5.74) is 1.44. The molecule has 7 nitrogen and oxygen atoms in total. The number of rotatable bonds is 6. The summed E-state index contributed by atoms with van der Waals surface area (Å²) in [6.45, 7) is 6.54. The third-order valence-corrected chi connectivity index (χ3v) is 5.72. The number of hydrogen-bond acceptors (Lipinski definition) is 5. The quantitative estimate of drug-likeness (QED) is 0.532. The number of benzene rings is 1. The third-order valence-electron chi connectivity index (χ3n) is 5.72. The van der Waals surface area contributed by atoms with E-state index in [2.05, 4.69) is 20.3 Å². The predicted octanol–water partition coefficient (Wildman–Crippen LogP) is 4.04. The average Bonchev–Trinajstić information content (AvgIpc) is 3.40. The smallest absolute Gasteiger partial charge is 0.252 e. The molecule has 0 aliphatic carbocycles. The molecule has 0 bridgehead atoms. The van der Waals surface area contributed by atoms with Gasteiger partial charge < -0.3 is 9.40 Å². The van der Waals surface area contributed by atoms with Crippen LogP contribution < -0.4 is 5.56 Å². The summed E-state index contributed by atoms with van der Waals surface area (Å²) in [6, 6.07) is 6.82. The van der Waals surface area contributed by atoms with Crippen LogP contribution in [0, 0.1) is 5.82 Å². The van der Waals surface area contributed by atoms with Crippen molar-refractivity contribution in [1.82, 2.24) is 25.0 Å². The van der Waals surface area contributed by atoms with Crippen LogP contribution in [0.5, 0.6) is 0 Å². The van der Waals surface area contributed by atoms with Gasteiger partial charge in [0.05, 0.1) is 22.5 Å². The Bertz CT molecular complexity index is 1210. The van der Waals surface area contributed by atoms with Crippen LogP contribution in [-0.4, -0.2) is 25.0 Å². The van der Waals surface area contributed by atoms with E-state index in [0.717, 1.165) is 0 Å². The number of aryl methyl sites for hydroxylation is 1. The Morgan fingerprint density at radius 2 is 2.00 bits per heavy atom. The van der Waals surface area contributed by atoms with Crippen LogP contribution in [0.2, 0.25) is 0 Å². The predicted molar refractivity (Wildman–Crippen MR) is 107 cm³/mol. The van der Waals surface area contributed by atoms with Gasteiger partial charge in [-0.2, -0.15) is 5.10 Å². The van der Waals surface area contributed by atoms with Gasteiger partial charge in [0.25, 0.3) is 5.56 Å². The number of fused-ring (bicyclic) bond motifs is 1. The molecule has 0 spiro atoms. The molecule has 0 radical (unpaired) electrons. The second-order valence-electron chi connectivity index (χ2n) is 7.00. The molecule has 150 valence electrons. The van der Waals surface area contributed by atoms with Gasteiger partial charge in [-0.1, -0.05) is 19.9 Å². The summed E-state index contributed by atoms with van der Waals surface area (Å²) >= 11 is 0. The molecule has 0 aliphatic heterocycles. The highest BCUT2D eigenvalue weighted by molar-refractivity contribution is 5.84. The highest BCUT2D eigenvalue weighted by atomic mass is 19.1. The Hall–Kier alpha value is -3.29. The molecule has 4 rings (SSSR count). The first-order valence-electron chi connectivity index (χ1n) is 9.70. The van der Waals surface area contributed by atoms with Gasteiger partial charge in [-0.15, -0.1) is 10.2 Å². The van der Waals surface area contributed by atoms with Gasteiger partial charge in [0.1, 0.15) is 5.82 Å². The fraction of sp³-hybridized carbons (Fsp3) is 0.333. The monoisotopic (exact) mass is 395 g/mol. The zero-order valence-electron chi connectivity index (χ0n) is 16.6.